The summed E-state index contributed by atoms with van der Waals surface area (Å²) in [7, 11) is 0. The molecule has 1 N–H and O–H groups in total. The van der Waals surface area contributed by atoms with E-state index in [9.17, 15) is 0 Å². The van der Waals surface area contributed by atoms with Crippen LogP contribution in [0.15, 0.2) is 28.7 Å². The molecule has 0 fully saturated rings. The Hall–Kier alpha value is -1.13. The third kappa shape index (κ3) is 3.13. The topological polar surface area (TPSA) is 29.9 Å². The number of hydrogen-bond acceptors (Lipinski definition) is 2. The summed E-state index contributed by atoms with van der Waals surface area (Å²) in [5.41, 5.74) is 4.93. The van der Waals surface area contributed by atoms with E-state index in [1.54, 1.807) is 0 Å². The molecule has 0 aliphatic rings. The maximum atomic E-state index is 4.71. The molecular weight excluding hydrogens is 314 g/mol. The molecule has 0 aliphatic carbocycles. The minimum absolute atomic E-state index is 0.341. The van der Waals surface area contributed by atoms with Crippen LogP contribution in [0.3, 0.4) is 0 Å². The lowest BCUT2D eigenvalue weighted by Crippen LogP contribution is -2.19. The van der Waals surface area contributed by atoms with Crippen molar-refractivity contribution >= 4 is 15.9 Å². The van der Waals surface area contributed by atoms with Crippen molar-refractivity contribution in [1.29, 1.82) is 0 Å². The zero-order valence-corrected chi connectivity index (χ0v) is 14.2. The fourth-order valence-corrected chi connectivity index (χ4v) is 3.10. The second-order valence-corrected chi connectivity index (χ2v) is 5.97. The molecule has 0 bridgehead atoms. The van der Waals surface area contributed by atoms with E-state index in [2.05, 4.69) is 71.8 Å². The molecule has 1 heterocycles. The lowest BCUT2D eigenvalue weighted by atomic mass is 10.1. The fourth-order valence-electron chi connectivity index (χ4n) is 2.69. The average molecular weight is 336 g/mol. The van der Waals surface area contributed by atoms with Gasteiger partial charge >= 0.3 is 0 Å². The molecule has 0 radical (unpaired) electrons. The molecule has 4 heteroatoms. The normalized spacial score (nSPS) is 12.7. The van der Waals surface area contributed by atoms with Gasteiger partial charge in [-0.15, -0.1) is 0 Å². The van der Waals surface area contributed by atoms with Gasteiger partial charge in [0.2, 0.25) is 0 Å². The van der Waals surface area contributed by atoms with Crippen LogP contribution in [0.25, 0.3) is 0 Å². The Morgan fingerprint density at radius 1 is 1.30 bits per heavy atom. The first-order valence-electron chi connectivity index (χ1n) is 7.05. The van der Waals surface area contributed by atoms with Gasteiger partial charge in [-0.05, 0) is 38.9 Å². The third-order valence-electron chi connectivity index (χ3n) is 3.66. The highest BCUT2D eigenvalue weighted by molar-refractivity contribution is 9.10. The molecular formula is C16H22BrN3. The third-order valence-corrected chi connectivity index (χ3v) is 4.43. The average Bonchev–Trinajstić information content (AvgIpc) is 2.67. The Morgan fingerprint density at radius 2 is 2.00 bits per heavy atom. The highest BCUT2D eigenvalue weighted by Crippen LogP contribution is 2.23. The predicted molar refractivity (Wildman–Crippen MR) is 87.0 cm³/mol. The summed E-state index contributed by atoms with van der Waals surface area (Å²) in [6.45, 7) is 10.3. The molecule has 2 aromatic rings. The number of halogens is 1. The monoisotopic (exact) mass is 335 g/mol. The first-order valence-corrected chi connectivity index (χ1v) is 7.84. The van der Waals surface area contributed by atoms with Crippen molar-refractivity contribution in [2.24, 2.45) is 0 Å². The van der Waals surface area contributed by atoms with Crippen LogP contribution in [0.1, 0.15) is 42.4 Å². The first kappa shape index (κ1) is 15.3. The minimum Gasteiger partial charge on any atom is -0.310 e. The summed E-state index contributed by atoms with van der Waals surface area (Å²) in [4.78, 5) is 0. The van der Waals surface area contributed by atoms with Crippen LogP contribution < -0.4 is 5.32 Å². The predicted octanol–water partition coefficient (Wildman–Crippen LogP) is 3.98. The zero-order valence-electron chi connectivity index (χ0n) is 12.6. The summed E-state index contributed by atoms with van der Waals surface area (Å²) in [5.74, 6) is 0. The van der Waals surface area contributed by atoms with Crippen molar-refractivity contribution < 1.29 is 0 Å². The molecule has 1 aromatic carbocycles. The number of benzene rings is 1. The quantitative estimate of drug-likeness (QED) is 0.895. The summed E-state index contributed by atoms with van der Waals surface area (Å²) in [5, 5.41) is 8.18. The molecule has 3 nitrogen and oxygen atoms in total. The Labute approximate surface area is 129 Å². The van der Waals surface area contributed by atoms with Gasteiger partial charge in [-0.3, -0.25) is 4.68 Å². The van der Waals surface area contributed by atoms with Crippen LogP contribution in [-0.4, -0.2) is 16.3 Å². The van der Waals surface area contributed by atoms with Crippen molar-refractivity contribution in [2.75, 3.05) is 6.54 Å². The largest absolute Gasteiger partial charge is 0.310 e. The first-order chi connectivity index (χ1) is 9.54. The molecule has 2 rings (SSSR count). The number of rotatable bonds is 5. The SMILES string of the molecule is CCNC(C)c1c(C)nn(Cc2ccccc2Br)c1C. The van der Waals surface area contributed by atoms with Gasteiger partial charge in [0.15, 0.2) is 0 Å². The van der Waals surface area contributed by atoms with E-state index in [0.717, 1.165) is 23.3 Å². The summed E-state index contributed by atoms with van der Waals surface area (Å²) in [6, 6.07) is 8.64. The molecule has 0 saturated carbocycles. The summed E-state index contributed by atoms with van der Waals surface area (Å²) >= 11 is 3.60. The summed E-state index contributed by atoms with van der Waals surface area (Å²) in [6.07, 6.45) is 0. The molecule has 0 spiro atoms. The van der Waals surface area contributed by atoms with Crippen LogP contribution in [0.5, 0.6) is 0 Å². The second-order valence-electron chi connectivity index (χ2n) is 5.11. The number of nitrogens with one attached hydrogen (secondary N) is 1. The second kappa shape index (κ2) is 6.55. The van der Waals surface area contributed by atoms with Crippen molar-refractivity contribution in [3.05, 3.63) is 51.3 Å². The van der Waals surface area contributed by atoms with Gasteiger partial charge < -0.3 is 5.32 Å². The Morgan fingerprint density at radius 3 is 2.65 bits per heavy atom. The van der Waals surface area contributed by atoms with Gasteiger partial charge in [-0.2, -0.15) is 5.10 Å². The number of nitrogens with zero attached hydrogens (tertiary/aromatic N) is 2. The van der Waals surface area contributed by atoms with Gasteiger partial charge in [-0.1, -0.05) is 41.1 Å². The highest BCUT2D eigenvalue weighted by atomic mass is 79.9. The molecule has 108 valence electrons. The van der Waals surface area contributed by atoms with Gasteiger partial charge in [-0.25, -0.2) is 0 Å². The Balaban J connectivity index is 2.31. The molecule has 0 aliphatic heterocycles. The van der Waals surface area contributed by atoms with E-state index in [1.807, 2.05) is 6.07 Å². The van der Waals surface area contributed by atoms with Crippen LogP contribution in [-0.2, 0) is 6.54 Å². The minimum atomic E-state index is 0.341. The lowest BCUT2D eigenvalue weighted by Gasteiger charge is -2.13. The Kier molecular flexibility index (Phi) is 5.00. The van der Waals surface area contributed by atoms with E-state index >= 15 is 0 Å². The zero-order chi connectivity index (χ0) is 14.7. The van der Waals surface area contributed by atoms with Crippen LogP contribution >= 0.6 is 15.9 Å². The van der Waals surface area contributed by atoms with Crippen molar-refractivity contribution in [3.63, 3.8) is 0 Å². The molecule has 20 heavy (non-hydrogen) atoms. The lowest BCUT2D eigenvalue weighted by molar-refractivity contribution is 0.589. The maximum Gasteiger partial charge on any atom is 0.0673 e. The number of hydrogen-bond donors (Lipinski definition) is 1. The molecule has 1 unspecified atom stereocenters. The van der Waals surface area contributed by atoms with E-state index in [4.69, 9.17) is 5.10 Å². The van der Waals surface area contributed by atoms with Gasteiger partial charge in [0.05, 0.1) is 12.2 Å². The summed E-state index contributed by atoms with van der Waals surface area (Å²) < 4.78 is 3.23. The van der Waals surface area contributed by atoms with E-state index in [1.165, 1.54) is 16.8 Å². The number of aromatic nitrogens is 2. The van der Waals surface area contributed by atoms with Gasteiger partial charge in [0.25, 0.3) is 0 Å². The van der Waals surface area contributed by atoms with Crippen LogP contribution in [0.2, 0.25) is 0 Å². The standard InChI is InChI=1S/C16H22BrN3/c1-5-18-11(2)16-12(3)19-20(13(16)4)10-14-8-6-7-9-15(14)17/h6-9,11,18H,5,10H2,1-4H3. The smallest absolute Gasteiger partial charge is 0.0673 e. The van der Waals surface area contributed by atoms with Crippen LogP contribution in [0.4, 0.5) is 0 Å². The van der Waals surface area contributed by atoms with Gasteiger partial charge in [0, 0.05) is 21.8 Å². The van der Waals surface area contributed by atoms with Crippen molar-refractivity contribution in [2.45, 2.75) is 40.3 Å². The van der Waals surface area contributed by atoms with E-state index in [-0.39, 0.29) is 0 Å². The molecule has 1 atom stereocenters. The molecule has 0 amide bonds. The molecule has 1 aromatic heterocycles. The molecule has 0 saturated heterocycles. The number of aryl methyl sites for hydroxylation is 1. The Bertz CT molecular complexity index is 589. The van der Waals surface area contributed by atoms with Crippen molar-refractivity contribution in [1.82, 2.24) is 15.1 Å². The fraction of sp³-hybridized carbons (Fsp3) is 0.438. The van der Waals surface area contributed by atoms with Crippen LogP contribution in [0, 0.1) is 13.8 Å². The van der Waals surface area contributed by atoms with Crippen molar-refractivity contribution in [3.8, 4) is 0 Å². The van der Waals surface area contributed by atoms with E-state index in [0.29, 0.717) is 6.04 Å². The van der Waals surface area contributed by atoms with Gasteiger partial charge in [0.1, 0.15) is 0 Å². The van der Waals surface area contributed by atoms with E-state index < -0.39 is 0 Å². The highest BCUT2D eigenvalue weighted by Gasteiger charge is 2.17. The maximum absolute atomic E-state index is 4.71.